The fraction of sp³-hybridized carbons (Fsp3) is 0.833. The molecule has 80 valence electrons. The third kappa shape index (κ3) is 4.64. The number of rotatable bonds is 5. The summed E-state index contributed by atoms with van der Waals surface area (Å²) in [6, 6.07) is 0.306. The average Bonchev–Trinajstić information content (AvgIpc) is 2.68. The van der Waals surface area contributed by atoms with Crippen LogP contribution in [0.2, 0.25) is 0 Å². The van der Waals surface area contributed by atoms with Crippen LogP contribution in [-0.4, -0.2) is 18.8 Å². The minimum absolute atomic E-state index is 0.306. The lowest BCUT2D eigenvalue weighted by molar-refractivity contribution is 0.100. The quantitative estimate of drug-likeness (QED) is 0.682. The van der Waals surface area contributed by atoms with Gasteiger partial charge in [-0.25, -0.2) is 0 Å². The Labute approximate surface area is 87.2 Å². The summed E-state index contributed by atoms with van der Waals surface area (Å²) >= 11 is 0. The van der Waals surface area contributed by atoms with Crippen molar-refractivity contribution in [3.8, 4) is 11.8 Å². The van der Waals surface area contributed by atoms with E-state index in [4.69, 9.17) is 10.5 Å². The van der Waals surface area contributed by atoms with Crippen molar-refractivity contribution in [3.05, 3.63) is 0 Å². The Hall–Kier alpha value is -0.520. The van der Waals surface area contributed by atoms with Crippen molar-refractivity contribution in [2.45, 2.75) is 57.6 Å². The van der Waals surface area contributed by atoms with E-state index < -0.39 is 0 Å². The molecule has 0 aromatic carbocycles. The van der Waals surface area contributed by atoms with Gasteiger partial charge in [-0.15, -0.1) is 11.8 Å². The van der Waals surface area contributed by atoms with Gasteiger partial charge >= 0.3 is 0 Å². The van der Waals surface area contributed by atoms with E-state index in [2.05, 4.69) is 11.8 Å². The van der Waals surface area contributed by atoms with Gasteiger partial charge in [0.05, 0.1) is 6.10 Å². The van der Waals surface area contributed by atoms with Crippen LogP contribution in [-0.2, 0) is 4.74 Å². The van der Waals surface area contributed by atoms with Crippen LogP contribution in [0.15, 0.2) is 0 Å². The predicted molar refractivity (Wildman–Crippen MR) is 58.9 cm³/mol. The second-order valence-electron chi connectivity index (χ2n) is 3.94. The van der Waals surface area contributed by atoms with Crippen LogP contribution in [0.4, 0.5) is 0 Å². The number of nitrogens with two attached hydrogens (primary N) is 1. The van der Waals surface area contributed by atoms with Gasteiger partial charge in [0.15, 0.2) is 0 Å². The van der Waals surface area contributed by atoms with Crippen molar-refractivity contribution in [1.82, 2.24) is 0 Å². The standard InChI is InChI=1S/C12H21NO/c1-2-3-4-6-11(13)8-9-12-7-5-10-14-12/h11-12H,4-10,13H2,1H3. The summed E-state index contributed by atoms with van der Waals surface area (Å²) in [7, 11) is 0. The van der Waals surface area contributed by atoms with Gasteiger partial charge in [-0.3, -0.25) is 0 Å². The molecule has 0 amide bonds. The molecule has 0 radical (unpaired) electrons. The largest absolute Gasteiger partial charge is 0.378 e. The Bertz CT molecular complexity index is 198. The molecule has 2 N–H and O–H groups in total. The predicted octanol–water partition coefficient (Wildman–Crippen LogP) is 2.08. The molecule has 0 spiro atoms. The number of hydrogen-bond donors (Lipinski definition) is 1. The molecule has 1 rings (SSSR count). The molecule has 14 heavy (non-hydrogen) atoms. The second-order valence-corrected chi connectivity index (χ2v) is 3.94. The zero-order chi connectivity index (χ0) is 10.2. The molecule has 0 aromatic rings. The maximum absolute atomic E-state index is 5.97. The highest BCUT2D eigenvalue weighted by atomic mass is 16.5. The summed E-state index contributed by atoms with van der Waals surface area (Å²) in [6.45, 7) is 2.82. The van der Waals surface area contributed by atoms with Gasteiger partial charge in [0.1, 0.15) is 0 Å². The average molecular weight is 195 g/mol. The van der Waals surface area contributed by atoms with E-state index in [-0.39, 0.29) is 0 Å². The summed E-state index contributed by atoms with van der Waals surface area (Å²) in [5, 5.41) is 0. The van der Waals surface area contributed by atoms with E-state index in [0.717, 1.165) is 32.3 Å². The number of hydrogen-bond acceptors (Lipinski definition) is 2. The summed E-state index contributed by atoms with van der Waals surface area (Å²) in [5.41, 5.74) is 5.97. The lowest BCUT2D eigenvalue weighted by Gasteiger charge is -2.13. The van der Waals surface area contributed by atoms with Crippen molar-refractivity contribution in [3.63, 3.8) is 0 Å². The lowest BCUT2D eigenvalue weighted by atomic mass is 10.0. The zero-order valence-electron chi connectivity index (χ0n) is 9.09. The Kier molecular flexibility index (Phi) is 5.66. The van der Waals surface area contributed by atoms with Crippen LogP contribution >= 0.6 is 0 Å². The van der Waals surface area contributed by atoms with Crippen molar-refractivity contribution >= 4 is 0 Å². The highest BCUT2D eigenvalue weighted by Gasteiger charge is 2.16. The molecule has 2 nitrogen and oxygen atoms in total. The van der Waals surface area contributed by atoms with Crippen molar-refractivity contribution in [1.29, 1.82) is 0 Å². The molecule has 1 heterocycles. The van der Waals surface area contributed by atoms with Crippen molar-refractivity contribution in [2.24, 2.45) is 5.73 Å². The maximum atomic E-state index is 5.97. The normalized spacial score (nSPS) is 22.9. The second kappa shape index (κ2) is 6.86. The zero-order valence-corrected chi connectivity index (χ0v) is 9.09. The summed E-state index contributed by atoms with van der Waals surface area (Å²) in [4.78, 5) is 0. The first-order chi connectivity index (χ1) is 6.83. The highest BCUT2D eigenvalue weighted by molar-refractivity contribution is 4.95. The molecular formula is C12H21NO. The fourth-order valence-electron chi connectivity index (χ4n) is 1.80. The maximum Gasteiger partial charge on any atom is 0.0576 e. The summed E-state index contributed by atoms with van der Waals surface area (Å²) < 4.78 is 5.55. The molecule has 1 saturated heterocycles. The Balaban J connectivity index is 2.00. The first-order valence-electron chi connectivity index (χ1n) is 5.59. The molecule has 2 atom stereocenters. The van der Waals surface area contributed by atoms with Gasteiger partial charge in [0.25, 0.3) is 0 Å². The van der Waals surface area contributed by atoms with E-state index in [1.165, 1.54) is 12.8 Å². The fourth-order valence-corrected chi connectivity index (χ4v) is 1.80. The molecule has 1 aliphatic rings. The van der Waals surface area contributed by atoms with E-state index in [1.807, 2.05) is 6.92 Å². The third-order valence-corrected chi connectivity index (χ3v) is 2.70. The molecule has 0 saturated carbocycles. The van der Waals surface area contributed by atoms with Gasteiger partial charge in [-0.05, 0) is 39.0 Å². The smallest absolute Gasteiger partial charge is 0.0576 e. The SMILES string of the molecule is CC#CCCC(N)CCC1CCCO1. The summed E-state index contributed by atoms with van der Waals surface area (Å²) in [5.74, 6) is 5.94. The summed E-state index contributed by atoms with van der Waals surface area (Å²) in [6.07, 6.45) is 7.09. The van der Waals surface area contributed by atoms with Gasteiger partial charge in [0, 0.05) is 19.1 Å². The van der Waals surface area contributed by atoms with E-state index in [9.17, 15) is 0 Å². The molecule has 0 aliphatic carbocycles. The molecule has 2 heteroatoms. The highest BCUT2D eigenvalue weighted by Crippen LogP contribution is 2.18. The first-order valence-corrected chi connectivity index (χ1v) is 5.59. The van der Waals surface area contributed by atoms with E-state index >= 15 is 0 Å². The van der Waals surface area contributed by atoms with Gasteiger partial charge in [-0.2, -0.15) is 0 Å². The Morgan fingerprint density at radius 1 is 1.50 bits per heavy atom. The van der Waals surface area contributed by atoms with Crippen molar-refractivity contribution < 1.29 is 4.74 Å². The number of ether oxygens (including phenoxy) is 1. The molecule has 0 bridgehead atoms. The van der Waals surface area contributed by atoms with Crippen LogP contribution in [0.5, 0.6) is 0 Å². The van der Waals surface area contributed by atoms with Gasteiger partial charge in [-0.1, -0.05) is 0 Å². The van der Waals surface area contributed by atoms with E-state index in [0.29, 0.717) is 12.1 Å². The van der Waals surface area contributed by atoms with Gasteiger partial charge < -0.3 is 10.5 Å². The van der Waals surface area contributed by atoms with E-state index in [1.54, 1.807) is 0 Å². The Morgan fingerprint density at radius 3 is 3.00 bits per heavy atom. The molecule has 1 fully saturated rings. The van der Waals surface area contributed by atoms with Crippen LogP contribution in [0.25, 0.3) is 0 Å². The van der Waals surface area contributed by atoms with Crippen LogP contribution in [0, 0.1) is 11.8 Å². The molecule has 1 aliphatic heterocycles. The van der Waals surface area contributed by atoms with Crippen LogP contribution in [0.3, 0.4) is 0 Å². The van der Waals surface area contributed by atoms with Gasteiger partial charge in [0.2, 0.25) is 0 Å². The minimum Gasteiger partial charge on any atom is -0.378 e. The lowest BCUT2D eigenvalue weighted by Crippen LogP contribution is -2.21. The molecular weight excluding hydrogens is 174 g/mol. The first kappa shape index (κ1) is 11.6. The monoisotopic (exact) mass is 195 g/mol. The third-order valence-electron chi connectivity index (χ3n) is 2.70. The topological polar surface area (TPSA) is 35.2 Å². The van der Waals surface area contributed by atoms with Crippen molar-refractivity contribution in [2.75, 3.05) is 6.61 Å². The van der Waals surface area contributed by atoms with Crippen LogP contribution < -0.4 is 5.73 Å². The molecule has 0 aromatic heterocycles. The minimum atomic E-state index is 0.306. The van der Waals surface area contributed by atoms with Crippen LogP contribution in [0.1, 0.15) is 45.4 Å². The molecule has 2 unspecified atom stereocenters. The Morgan fingerprint density at radius 2 is 2.36 bits per heavy atom.